The summed E-state index contributed by atoms with van der Waals surface area (Å²) in [6.45, 7) is 6.72. The van der Waals surface area contributed by atoms with Crippen LogP contribution >= 0.6 is 22.6 Å². The minimum atomic E-state index is 0.408. The van der Waals surface area contributed by atoms with Crippen LogP contribution in [0.5, 0.6) is 0 Å². The van der Waals surface area contributed by atoms with Crippen molar-refractivity contribution in [1.82, 2.24) is 24.6 Å². The molecule has 0 aliphatic carbocycles. The minimum absolute atomic E-state index is 0.408. The van der Waals surface area contributed by atoms with Crippen molar-refractivity contribution in [3.63, 3.8) is 0 Å². The fourth-order valence-corrected chi connectivity index (χ4v) is 3.60. The van der Waals surface area contributed by atoms with Gasteiger partial charge in [0.25, 0.3) is 0 Å². The molecule has 1 aliphatic heterocycles. The lowest BCUT2D eigenvalue weighted by Crippen LogP contribution is -2.39. The number of fused-ring (bicyclic) bond motifs is 1. The number of nitrogens with zero attached hydrogens (tertiary/aromatic N) is 5. The van der Waals surface area contributed by atoms with Gasteiger partial charge in [-0.05, 0) is 49.3 Å². The van der Waals surface area contributed by atoms with Crippen molar-refractivity contribution in [2.24, 2.45) is 0 Å². The van der Waals surface area contributed by atoms with E-state index in [1.165, 1.54) is 6.33 Å². The molecular weight excluding hydrogens is 367 g/mol. The third-order valence-electron chi connectivity index (χ3n) is 4.05. The van der Waals surface area contributed by atoms with Crippen molar-refractivity contribution in [2.75, 3.05) is 18.8 Å². The lowest BCUT2D eigenvalue weighted by Gasteiger charge is -2.34. The molecule has 1 fully saturated rings. The molecule has 3 rings (SSSR count). The van der Waals surface area contributed by atoms with Gasteiger partial charge in [0.1, 0.15) is 15.8 Å². The Labute approximate surface area is 131 Å². The molecule has 20 heavy (non-hydrogen) atoms. The minimum Gasteiger partial charge on any atom is -0.383 e. The van der Waals surface area contributed by atoms with E-state index in [0.717, 1.165) is 40.7 Å². The predicted octanol–water partition coefficient (Wildman–Crippen LogP) is 2.06. The molecule has 0 aromatic carbocycles. The number of piperidine rings is 1. The first-order valence-electron chi connectivity index (χ1n) is 6.96. The molecule has 2 aromatic rings. The summed E-state index contributed by atoms with van der Waals surface area (Å²) < 4.78 is 2.94. The van der Waals surface area contributed by atoms with Gasteiger partial charge in [-0.25, -0.2) is 14.6 Å². The number of rotatable bonds is 2. The van der Waals surface area contributed by atoms with Crippen LogP contribution in [0.15, 0.2) is 6.33 Å². The van der Waals surface area contributed by atoms with E-state index < -0.39 is 0 Å². The van der Waals surface area contributed by atoms with E-state index in [1.54, 1.807) is 0 Å². The number of anilines is 1. The second-order valence-electron chi connectivity index (χ2n) is 5.55. The van der Waals surface area contributed by atoms with Crippen LogP contribution in [0.1, 0.15) is 32.7 Å². The highest BCUT2D eigenvalue weighted by Crippen LogP contribution is 2.29. The molecule has 0 amide bonds. The van der Waals surface area contributed by atoms with Crippen LogP contribution in [0.2, 0.25) is 0 Å². The predicted molar refractivity (Wildman–Crippen MR) is 87.4 cm³/mol. The molecule has 0 unspecified atom stereocenters. The Morgan fingerprint density at radius 3 is 2.65 bits per heavy atom. The van der Waals surface area contributed by atoms with E-state index in [9.17, 15) is 0 Å². The maximum absolute atomic E-state index is 5.94. The van der Waals surface area contributed by atoms with Gasteiger partial charge in [-0.1, -0.05) is 0 Å². The van der Waals surface area contributed by atoms with Crippen molar-refractivity contribution in [2.45, 2.75) is 38.8 Å². The smallest absolute Gasteiger partial charge is 0.164 e. The lowest BCUT2D eigenvalue weighted by molar-refractivity contribution is 0.148. The molecule has 1 saturated heterocycles. The SMILES string of the molecule is CC(C)N1CCC(n2nc(I)c3c(N)ncnc32)CC1. The first-order chi connectivity index (χ1) is 9.58. The van der Waals surface area contributed by atoms with Gasteiger partial charge in [-0.3, -0.25) is 0 Å². The summed E-state index contributed by atoms with van der Waals surface area (Å²) in [5, 5.41) is 5.53. The number of hydrogen-bond acceptors (Lipinski definition) is 5. The standard InChI is InChI=1S/C13H19IN6/c1-8(2)19-5-3-9(4-6-19)20-13-10(11(14)18-20)12(15)16-7-17-13/h7-9H,3-6H2,1-2H3,(H2,15,16,17). The topological polar surface area (TPSA) is 72.9 Å². The largest absolute Gasteiger partial charge is 0.383 e. The van der Waals surface area contributed by atoms with Gasteiger partial charge in [-0.2, -0.15) is 5.10 Å². The van der Waals surface area contributed by atoms with E-state index >= 15 is 0 Å². The number of hydrogen-bond donors (Lipinski definition) is 1. The first kappa shape index (κ1) is 14.0. The molecule has 0 spiro atoms. The van der Waals surface area contributed by atoms with Crippen molar-refractivity contribution in [1.29, 1.82) is 0 Å². The van der Waals surface area contributed by atoms with Crippen LogP contribution in [-0.2, 0) is 0 Å². The van der Waals surface area contributed by atoms with Crippen LogP contribution in [0, 0.1) is 3.70 Å². The van der Waals surface area contributed by atoms with Crippen molar-refractivity contribution in [3.05, 3.63) is 10.0 Å². The number of halogens is 1. The highest BCUT2D eigenvalue weighted by molar-refractivity contribution is 14.1. The molecule has 108 valence electrons. The first-order valence-corrected chi connectivity index (χ1v) is 8.04. The zero-order valence-corrected chi connectivity index (χ0v) is 13.9. The Bertz CT molecular complexity index is 615. The zero-order chi connectivity index (χ0) is 14.3. The molecule has 2 aromatic heterocycles. The van der Waals surface area contributed by atoms with Crippen LogP contribution in [-0.4, -0.2) is 43.8 Å². The number of aromatic nitrogens is 4. The van der Waals surface area contributed by atoms with E-state index in [-0.39, 0.29) is 0 Å². The van der Waals surface area contributed by atoms with Crippen LogP contribution in [0.25, 0.3) is 11.0 Å². The van der Waals surface area contributed by atoms with Gasteiger partial charge in [0, 0.05) is 19.1 Å². The number of likely N-dealkylation sites (tertiary alicyclic amines) is 1. The fraction of sp³-hybridized carbons (Fsp3) is 0.615. The van der Waals surface area contributed by atoms with Crippen LogP contribution in [0.3, 0.4) is 0 Å². The summed E-state index contributed by atoms with van der Waals surface area (Å²) in [5.41, 5.74) is 6.81. The van der Waals surface area contributed by atoms with Crippen LogP contribution in [0.4, 0.5) is 5.82 Å². The van der Waals surface area contributed by atoms with Gasteiger partial charge >= 0.3 is 0 Å². The van der Waals surface area contributed by atoms with Crippen molar-refractivity contribution >= 4 is 39.4 Å². The van der Waals surface area contributed by atoms with Crippen molar-refractivity contribution < 1.29 is 0 Å². The average molecular weight is 386 g/mol. The average Bonchev–Trinajstić information content (AvgIpc) is 2.77. The third-order valence-corrected chi connectivity index (χ3v) is 4.81. The summed E-state index contributed by atoms with van der Waals surface area (Å²) in [4.78, 5) is 11.0. The van der Waals surface area contributed by atoms with Gasteiger partial charge in [0.2, 0.25) is 0 Å². The Hall–Kier alpha value is -0.960. The van der Waals surface area contributed by atoms with Gasteiger partial charge in [0.05, 0.1) is 11.4 Å². The van der Waals surface area contributed by atoms with E-state index in [2.05, 4.69) is 56.4 Å². The third kappa shape index (κ3) is 2.37. The maximum Gasteiger partial charge on any atom is 0.164 e. The van der Waals surface area contributed by atoms with Gasteiger partial charge in [0.15, 0.2) is 5.65 Å². The molecule has 0 saturated carbocycles. The zero-order valence-electron chi connectivity index (χ0n) is 11.8. The number of nitrogen functional groups attached to an aromatic ring is 1. The molecule has 7 heteroatoms. The molecular formula is C13H19IN6. The molecule has 0 bridgehead atoms. The molecule has 1 aliphatic rings. The Morgan fingerprint density at radius 1 is 1.30 bits per heavy atom. The van der Waals surface area contributed by atoms with Gasteiger partial charge < -0.3 is 10.6 Å². The number of nitrogens with two attached hydrogens (primary N) is 1. The molecule has 2 N–H and O–H groups in total. The van der Waals surface area contributed by atoms with Crippen molar-refractivity contribution in [3.8, 4) is 0 Å². The Kier molecular flexibility index (Phi) is 3.80. The normalized spacial score (nSPS) is 18.2. The fourth-order valence-electron chi connectivity index (χ4n) is 2.85. The Balaban J connectivity index is 1.91. The van der Waals surface area contributed by atoms with E-state index in [1.807, 2.05) is 4.68 Å². The summed E-state index contributed by atoms with van der Waals surface area (Å²) in [5.74, 6) is 0.519. The molecule has 3 heterocycles. The summed E-state index contributed by atoms with van der Waals surface area (Å²) in [6, 6.07) is 1.02. The quantitative estimate of drug-likeness (QED) is 0.800. The second kappa shape index (κ2) is 5.44. The summed E-state index contributed by atoms with van der Waals surface area (Å²) in [6.07, 6.45) is 3.74. The maximum atomic E-state index is 5.94. The van der Waals surface area contributed by atoms with E-state index in [0.29, 0.717) is 17.9 Å². The summed E-state index contributed by atoms with van der Waals surface area (Å²) >= 11 is 2.21. The Morgan fingerprint density at radius 2 is 2.00 bits per heavy atom. The van der Waals surface area contributed by atoms with Crippen LogP contribution < -0.4 is 5.73 Å². The highest BCUT2D eigenvalue weighted by atomic mass is 127. The second-order valence-corrected chi connectivity index (χ2v) is 6.58. The lowest BCUT2D eigenvalue weighted by atomic mass is 10.0. The molecule has 0 radical (unpaired) electrons. The highest BCUT2D eigenvalue weighted by Gasteiger charge is 2.25. The monoisotopic (exact) mass is 386 g/mol. The molecule has 0 atom stereocenters. The van der Waals surface area contributed by atoms with E-state index in [4.69, 9.17) is 5.73 Å². The summed E-state index contributed by atoms with van der Waals surface area (Å²) in [7, 11) is 0. The van der Waals surface area contributed by atoms with Gasteiger partial charge in [-0.15, -0.1) is 0 Å². The molecule has 6 nitrogen and oxygen atoms in total.